The lowest BCUT2D eigenvalue weighted by Gasteiger charge is -2.34. The van der Waals surface area contributed by atoms with Gasteiger partial charge < -0.3 is 10.2 Å². The van der Waals surface area contributed by atoms with Gasteiger partial charge in [-0.1, -0.05) is 85.8 Å². The fourth-order valence-corrected chi connectivity index (χ4v) is 6.52. The predicted molar refractivity (Wildman–Crippen MR) is 180 cm³/mol. The second kappa shape index (κ2) is 15.0. The average Bonchev–Trinajstić information content (AvgIpc) is 3.04. The molecule has 0 aliphatic heterocycles. The monoisotopic (exact) mass is 625 g/mol. The van der Waals surface area contributed by atoms with Gasteiger partial charge in [0.25, 0.3) is 10.0 Å². The normalized spacial score (nSPS) is 12.6. The summed E-state index contributed by atoms with van der Waals surface area (Å²) in [6.07, 6.45) is 1.00. The van der Waals surface area contributed by atoms with Gasteiger partial charge in [-0.2, -0.15) is 0 Å². The molecule has 8 heteroatoms. The van der Waals surface area contributed by atoms with Crippen molar-refractivity contribution < 1.29 is 18.0 Å². The van der Waals surface area contributed by atoms with E-state index in [2.05, 4.69) is 5.32 Å². The molecule has 0 aliphatic carbocycles. The maximum absolute atomic E-state index is 14.6. The van der Waals surface area contributed by atoms with Crippen LogP contribution in [-0.4, -0.2) is 43.8 Å². The number of nitrogens with zero attached hydrogens (tertiary/aromatic N) is 2. The van der Waals surface area contributed by atoms with Crippen LogP contribution in [-0.2, 0) is 32.6 Å². The fraction of sp³-hybridized carbons (Fsp3) is 0.297. The highest BCUT2D eigenvalue weighted by Gasteiger charge is 2.35. The minimum atomic E-state index is -4.14. The van der Waals surface area contributed by atoms with Gasteiger partial charge in [-0.05, 0) is 86.2 Å². The van der Waals surface area contributed by atoms with Crippen molar-refractivity contribution in [3.8, 4) is 0 Å². The molecule has 0 heterocycles. The second-order valence-electron chi connectivity index (χ2n) is 11.6. The Kier molecular flexibility index (Phi) is 11.2. The number of rotatable bonds is 13. The predicted octanol–water partition coefficient (Wildman–Crippen LogP) is 6.36. The number of hydrogen-bond acceptors (Lipinski definition) is 4. The highest BCUT2D eigenvalue weighted by atomic mass is 32.2. The molecule has 0 fully saturated rings. The largest absolute Gasteiger partial charge is 0.352 e. The van der Waals surface area contributed by atoms with E-state index < -0.39 is 28.5 Å². The standard InChI is InChI=1S/C37H43N3O4S/c1-6-30(5)38-37(42)35(24-31-16-9-7-10-17-31)39(25-32-18-14-13-15-28(32)3)36(41)26-40(33-22-21-27(2)29(4)23-33)45(43,44)34-19-11-8-12-20-34/h7-23,30,35H,6,24-26H2,1-5H3,(H,38,42). The van der Waals surface area contributed by atoms with Crippen molar-refractivity contribution in [3.63, 3.8) is 0 Å². The van der Waals surface area contributed by atoms with Crippen LogP contribution in [0.5, 0.6) is 0 Å². The molecule has 0 radical (unpaired) electrons. The van der Waals surface area contributed by atoms with Gasteiger partial charge in [0.2, 0.25) is 11.8 Å². The van der Waals surface area contributed by atoms with E-state index >= 15 is 0 Å². The van der Waals surface area contributed by atoms with Crippen molar-refractivity contribution in [2.24, 2.45) is 0 Å². The van der Waals surface area contributed by atoms with Gasteiger partial charge in [0.05, 0.1) is 10.6 Å². The van der Waals surface area contributed by atoms with Crippen LogP contribution >= 0.6 is 0 Å². The first kappa shape index (κ1) is 33.5. The molecule has 2 amide bonds. The number of benzene rings is 4. The number of carbonyl (C=O) groups is 2. The van der Waals surface area contributed by atoms with Gasteiger partial charge in [-0.15, -0.1) is 0 Å². The summed E-state index contributed by atoms with van der Waals surface area (Å²) in [7, 11) is -4.14. The molecule has 7 nitrogen and oxygen atoms in total. The van der Waals surface area contributed by atoms with Crippen molar-refractivity contribution in [2.75, 3.05) is 10.8 Å². The third kappa shape index (κ3) is 8.39. The van der Waals surface area contributed by atoms with Crippen LogP contribution < -0.4 is 9.62 Å². The molecule has 236 valence electrons. The smallest absolute Gasteiger partial charge is 0.264 e. The minimum Gasteiger partial charge on any atom is -0.352 e. The van der Waals surface area contributed by atoms with Crippen molar-refractivity contribution >= 4 is 27.5 Å². The summed E-state index contributed by atoms with van der Waals surface area (Å²) in [6, 6.07) is 29.8. The summed E-state index contributed by atoms with van der Waals surface area (Å²) < 4.78 is 29.5. The SMILES string of the molecule is CCC(C)NC(=O)C(Cc1ccccc1)N(Cc1ccccc1C)C(=O)CN(c1ccc(C)c(C)c1)S(=O)(=O)c1ccccc1. The average molecular weight is 626 g/mol. The van der Waals surface area contributed by atoms with Crippen LogP contribution in [0.15, 0.2) is 108 Å². The Balaban J connectivity index is 1.83. The maximum Gasteiger partial charge on any atom is 0.264 e. The first-order valence-electron chi connectivity index (χ1n) is 15.3. The second-order valence-corrected chi connectivity index (χ2v) is 13.4. The zero-order chi connectivity index (χ0) is 32.6. The number of sulfonamides is 1. The van der Waals surface area contributed by atoms with E-state index in [4.69, 9.17) is 0 Å². The van der Waals surface area contributed by atoms with Gasteiger partial charge >= 0.3 is 0 Å². The summed E-state index contributed by atoms with van der Waals surface area (Å²) >= 11 is 0. The molecule has 45 heavy (non-hydrogen) atoms. The lowest BCUT2D eigenvalue weighted by Crippen LogP contribution is -2.54. The Morgan fingerprint density at radius 1 is 0.778 bits per heavy atom. The van der Waals surface area contributed by atoms with Crippen molar-refractivity contribution in [1.82, 2.24) is 10.2 Å². The van der Waals surface area contributed by atoms with E-state index in [-0.39, 0.29) is 29.8 Å². The van der Waals surface area contributed by atoms with Gasteiger partial charge in [-0.3, -0.25) is 13.9 Å². The van der Waals surface area contributed by atoms with Crippen LogP contribution in [0, 0.1) is 20.8 Å². The van der Waals surface area contributed by atoms with Gasteiger partial charge in [0.1, 0.15) is 12.6 Å². The molecule has 0 saturated carbocycles. The number of nitrogens with one attached hydrogen (secondary N) is 1. The Morgan fingerprint density at radius 3 is 2.02 bits per heavy atom. The van der Waals surface area contributed by atoms with E-state index in [0.717, 1.165) is 38.5 Å². The highest BCUT2D eigenvalue weighted by Crippen LogP contribution is 2.27. The van der Waals surface area contributed by atoms with Crippen LogP contribution in [0.25, 0.3) is 0 Å². The molecule has 0 aliphatic rings. The first-order valence-corrected chi connectivity index (χ1v) is 16.8. The summed E-state index contributed by atoms with van der Waals surface area (Å²) in [5.41, 5.74) is 5.04. The minimum absolute atomic E-state index is 0.0804. The molecular formula is C37H43N3O4S. The number of amides is 2. The fourth-order valence-electron chi connectivity index (χ4n) is 5.10. The van der Waals surface area contributed by atoms with E-state index in [1.54, 1.807) is 35.2 Å². The molecular weight excluding hydrogens is 582 g/mol. The third-order valence-electron chi connectivity index (χ3n) is 8.26. The number of anilines is 1. The van der Waals surface area contributed by atoms with E-state index in [0.29, 0.717) is 5.69 Å². The van der Waals surface area contributed by atoms with Gasteiger partial charge in [0, 0.05) is 19.0 Å². The number of aryl methyl sites for hydroxylation is 3. The van der Waals surface area contributed by atoms with Crippen molar-refractivity contribution in [3.05, 3.63) is 131 Å². The molecule has 0 saturated heterocycles. The Labute approximate surface area is 268 Å². The third-order valence-corrected chi connectivity index (χ3v) is 10.1. The molecule has 4 aromatic carbocycles. The zero-order valence-electron chi connectivity index (χ0n) is 26.7. The van der Waals surface area contributed by atoms with Crippen LogP contribution in [0.3, 0.4) is 0 Å². The molecule has 2 unspecified atom stereocenters. The van der Waals surface area contributed by atoms with E-state index in [1.165, 1.54) is 12.1 Å². The topological polar surface area (TPSA) is 86.8 Å². The van der Waals surface area contributed by atoms with Crippen LogP contribution in [0.4, 0.5) is 5.69 Å². The van der Waals surface area contributed by atoms with E-state index in [1.807, 2.05) is 95.3 Å². The quantitative estimate of drug-likeness (QED) is 0.187. The van der Waals surface area contributed by atoms with Crippen LogP contribution in [0.1, 0.15) is 48.1 Å². The van der Waals surface area contributed by atoms with Crippen LogP contribution in [0.2, 0.25) is 0 Å². The first-order chi connectivity index (χ1) is 21.5. The Morgan fingerprint density at radius 2 is 1.40 bits per heavy atom. The Bertz CT molecular complexity index is 1710. The highest BCUT2D eigenvalue weighted by molar-refractivity contribution is 7.92. The molecule has 4 aromatic rings. The molecule has 0 spiro atoms. The molecule has 0 aromatic heterocycles. The molecule has 1 N–H and O–H groups in total. The summed E-state index contributed by atoms with van der Waals surface area (Å²) in [5, 5.41) is 3.08. The number of hydrogen-bond donors (Lipinski definition) is 1. The summed E-state index contributed by atoms with van der Waals surface area (Å²) in [5.74, 6) is -0.755. The number of carbonyl (C=O) groups excluding carboxylic acids is 2. The molecule has 4 rings (SSSR count). The lowest BCUT2D eigenvalue weighted by molar-refractivity contribution is -0.140. The molecule has 2 atom stereocenters. The van der Waals surface area contributed by atoms with E-state index in [9.17, 15) is 18.0 Å². The van der Waals surface area contributed by atoms with Gasteiger partial charge in [0.15, 0.2) is 0 Å². The molecule has 0 bridgehead atoms. The van der Waals surface area contributed by atoms with Crippen molar-refractivity contribution in [1.29, 1.82) is 0 Å². The van der Waals surface area contributed by atoms with Gasteiger partial charge in [-0.25, -0.2) is 8.42 Å². The summed E-state index contributed by atoms with van der Waals surface area (Å²) in [4.78, 5) is 30.2. The Hall–Kier alpha value is -4.43. The summed E-state index contributed by atoms with van der Waals surface area (Å²) in [6.45, 7) is 9.41. The zero-order valence-corrected chi connectivity index (χ0v) is 27.6. The lowest BCUT2D eigenvalue weighted by atomic mass is 10.0. The maximum atomic E-state index is 14.6. The van der Waals surface area contributed by atoms with Crippen molar-refractivity contribution in [2.45, 2.75) is 71.0 Å².